The second kappa shape index (κ2) is 9.39. The average Bonchev–Trinajstić information content (AvgIpc) is 3.27. The SMILES string of the molecule is O=C(Nc1ncc(F)s1)/C(=N/O[C@@H]1CCOC1)c1ccc(S(=O)(=O)NCC2CC2)cc1. The summed E-state index contributed by atoms with van der Waals surface area (Å²) in [4.78, 5) is 22.0. The molecule has 9 nitrogen and oxygen atoms in total. The number of benzene rings is 1. The molecule has 166 valence electrons. The standard InChI is InChI=1S/C19H21FN4O5S2/c20-16-10-21-19(30-16)23-18(25)17(24-29-14-7-8-28-11-14)13-3-5-15(6-4-13)31(26,27)22-9-12-1-2-12/h3-6,10,12,14,22H,1-2,7-9,11H2,(H,21,23,25)/b24-17+/t14-/m1/s1. The molecule has 2 heterocycles. The van der Waals surface area contributed by atoms with E-state index in [0.717, 1.165) is 19.0 Å². The van der Waals surface area contributed by atoms with Crippen molar-refractivity contribution in [1.29, 1.82) is 0 Å². The van der Waals surface area contributed by atoms with Crippen molar-refractivity contribution >= 4 is 38.1 Å². The maximum Gasteiger partial charge on any atom is 0.280 e. The van der Waals surface area contributed by atoms with Crippen LogP contribution >= 0.6 is 11.3 Å². The molecule has 31 heavy (non-hydrogen) atoms. The van der Waals surface area contributed by atoms with Crippen LogP contribution < -0.4 is 10.0 Å². The molecule has 1 aromatic carbocycles. The first-order valence-corrected chi connectivity index (χ1v) is 12.0. The summed E-state index contributed by atoms with van der Waals surface area (Å²) in [6, 6.07) is 5.74. The quantitative estimate of drug-likeness (QED) is 0.430. The number of hydrogen-bond donors (Lipinski definition) is 2. The van der Waals surface area contributed by atoms with Crippen molar-refractivity contribution in [3.8, 4) is 0 Å². The lowest BCUT2D eigenvalue weighted by Gasteiger charge is -2.11. The van der Waals surface area contributed by atoms with E-state index in [1.165, 1.54) is 24.3 Å². The molecular weight excluding hydrogens is 447 g/mol. The van der Waals surface area contributed by atoms with Gasteiger partial charge in [-0.1, -0.05) is 28.6 Å². The maximum atomic E-state index is 13.2. The summed E-state index contributed by atoms with van der Waals surface area (Å²) in [6.07, 6.45) is 3.42. The van der Waals surface area contributed by atoms with E-state index >= 15 is 0 Å². The Morgan fingerprint density at radius 3 is 2.68 bits per heavy atom. The van der Waals surface area contributed by atoms with Gasteiger partial charge in [-0.05, 0) is 30.9 Å². The Labute approximate surface area is 182 Å². The Kier molecular flexibility index (Phi) is 6.60. The predicted octanol–water partition coefficient (Wildman–Crippen LogP) is 2.12. The third-order valence-corrected chi connectivity index (χ3v) is 6.93. The van der Waals surface area contributed by atoms with Crippen LogP contribution in [0, 0.1) is 11.0 Å². The minimum Gasteiger partial charge on any atom is -0.389 e. The van der Waals surface area contributed by atoms with Gasteiger partial charge in [0.05, 0.1) is 24.3 Å². The second-order valence-corrected chi connectivity index (χ2v) is 10.0. The Hall–Kier alpha value is -2.41. The van der Waals surface area contributed by atoms with E-state index in [2.05, 4.69) is 20.2 Å². The number of aromatic nitrogens is 1. The van der Waals surface area contributed by atoms with Crippen LogP contribution in [0.1, 0.15) is 24.8 Å². The molecule has 0 spiro atoms. The summed E-state index contributed by atoms with van der Waals surface area (Å²) in [5.74, 6) is -0.250. The van der Waals surface area contributed by atoms with E-state index in [1.807, 2.05) is 0 Å². The molecule has 1 saturated carbocycles. The summed E-state index contributed by atoms with van der Waals surface area (Å²) in [5.41, 5.74) is 0.256. The monoisotopic (exact) mass is 468 g/mol. The first-order valence-electron chi connectivity index (χ1n) is 9.75. The van der Waals surface area contributed by atoms with Crippen LogP contribution in [-0.4, -0.2) is 50.9 Å². The molecule has 2 aliphatic rings. The molecule has 1 saturated heterocycles. The molecule has 0 radical (unpaired) electrons. The zero-order valence-corrected chi connectivity index (χ0v) is 18.0. The largest absolute Gasteiger partial charge is 0.389 e. The lowest BCUT2D eigenvalue weighted by atomic mass is 10.1. The minimum atomic E-state index is -3.64. The highest BCUT2D eigenvalue weighted by atomic mass is 32.2. The minimum absolute atomic E-state index is 0.0721. The van der Waals surface area contributed by atoms with Crippen LogP contribution in [0.25, 0.3) is 0 Å². The molecule has 12 heteroatoms. The molecule has 1 amide bonds. The van der Waals surface area contributed by atoms with Gasteiger partial charge in [0.15, 0.2) is 22.1 Å². The van der Waals surface area contributed by atoms with Gasteiger partial charge in [0, 0.05) is 18.5 Å². The molecular formula is C19H21FN4O5S2. The molecule has 0 bridgehead atoms. The number of ether oxygens (including phenoxy) is 1. The Bertz CT molecular complexity index is 1060. The first kappa shape index (κ1) is 21.8. The van der Waals surface area contributed by atoms with Crippen molar-refractivity contribution < 1.29 is 27.2 Å². The van der Waals surface area contributed by atoms with E-state index < -0.39 is 21.1 Å². The van der Waals surface area contributed by atoms with Crippen LogP contribution in [0.15, 0.2) is 40.5 Å². The number of nitrogens with zero attached hydrogens (tertiary/aromatic N) is 2. The number of hydrogen-bond acceptors (Lipinski definition) is 8. The highest BCUT2D eigenvalue weighted by molar-refractivity contribution is 7.89. The van der Waals surface area contributed by atoms with Crippen LogP contribution in [0.3, 0.4) is 0 Å². The molecule has 1 aromatic heterocycles. The third kappa shape index (κ3) is 5.85. The lowest BCUT2D eigenvalue weighted by Crippen LogP contribution is -2.27. The number of carbonyl (C=O) groups is 1. The highest BCUT2D eigenvalue weighted by Crippen LogP contribution is 2.28. The normalized spacial score (nSPS) is 19.4. The van der Waals surface area contributed by atoms with Crippen molar-refractivity contribution in [2.24, 2.45) is 11.1 Å². The smallest absolute Gasteiger partial charge is 0.280 e. The van der Waals surface area contributed by atoms with Crippen molar-refractivity contribution in [2.45, 2.75) is 30.3 Å². The number of rotatable bonds is 9. The number of halogens is 1. The number of carbonyl (C=O) groups excluding carboxylic acids is 1. The number of nitrogens with one attached hydrogen (secondary N) is 2. The summed E-state index contributed by atoms with van der Waals surface area (Å²) < 4.78 is 45.9. The Morgan fingerprint density at radius 1 is 1.29 bits per heavy atom. The zero-order valence-electron chi connectivity index (χ0n) is 16.4. The lowest BCUT2D eigenvalue weighted by molar-refractivity contribution is -0.110. The first-order chi connectivity index (χ1) is 14.9. The van der Waals surface area contributed by atoms with Gasteiger partial charge < -0.3 is 9.57 Å². The number of anilines is 1. The van der Waals surface area contributed by atoms with Gasteiger partial charge in [0.1, 0.15) is 0 Å². The van der Waals surface area contributed by atoms with Crippen LogP contribution in [-0.2, 0) is 24.4 Å². The van der Waals surface area contributed by atoms with Crippen LogP contribution in [0.5, 0.6) is 0 Å². The molecule has 1 aliphatic heterocycles. The van der Waals surface area contributed by atoms with Gasteiger partial charge in [0.2, 0.25) is 10.0 Å². The van der Waals surface area contributed by atoms with E-state index in [9.17, 15) is 17.6 Å². The van der Waals surface area contributed by atoms with Gasteiger partial charge in [-0.25, -0.2) is 18.1 Å². The molecule has 2 aromatic rings. The summed E-state index contributed by atoms with van der Waals surface area (Å²) >= 11 is 0.678. The zero-order chi connectivity index (χ0) is 21.8. The maximum absolute atomic E-state index is 13.2. The molecule has 2 fully saturated rings. The number of amides is 1. The molecule has 0 unspecified atom stereocenters. The molecule has 1 aliphatic carbocycles. The van der Waals surface area contributed by atoms with Gasteiger partial charge in [-0.3, -0.25) is 10.1 Å². The number of oxime groups is 1. The average molecular weight is 469 g/mol. The molecule has 2 N–H and O–H groups in total. The van der Waals surface area contributed by atoms with Crippen LogP contribution in [0.4, 0.5) is 9.52 Å². The van der Waals surface area contributed by atoms with Gasteiger partial charge in [-0.2, -0.15) is 4.39 Å². The molecule has 1 atom stereocenters. The number of thiazole rings is 1. The van der Waals surface area contributed by atoms with Crippen molar-refractivity contribution in [2.75, 3.05) is 25.1 Å². The van der Waals surface area contributed by atoms with E-state index in [-0.39, 0.29) is 21.8 Å². The number of sulfonamides is 1. The van der Waals surface area contributed by atoms with Gasteiger partial charge in [0.25, 0.3) is 5.91 Å². The van der Waals surface area contributed by atoms with Gasteiger partial charge >= 0.3 is 0 Å². The topological polar surface area (TPSA) is 119 Å². The Balaban J connectivity index is 1.53. The van der Waals surface area contributed by atoms with Crippen molar-refractivity contribution in [3.05, 3.63) is 41.2 Å². The Morgan fingerprint density at radius 2 is 2.06 bits per heavy atom. The van der Waals surface area contributed by atoms with E-state index in [1.54, 1.807) is 0 Å². The summed E-state index contributed by atoms with van der Waals surface area (Å²) in [6.45, 7) is 1.32. The van der Waals surface area contributed by atoms with Crippen molar-refractivity contribution in [1.82, 2.24) is 9.71 Å². The highest BCUT2D eigenvalue weighted by Gasteiger charge is 2.25. The predicted molar refractivity (Wildman–Crippen MR) is 112 cm³/mol. The third-order valence-electron chi connectivity index (χ3n) is 4.79. The van der Waals surface area contributed by atoms with Crippen molar-refractivity contribution in [3.63, 3.8) is 0 Å². The fourth-order valence-electron chi connectivity index (χ4n) is 2.84. The van der Waals surface area contributed by atoms with E-state index in [4.69, 9.17) is 9.57 Å². The van der Waals surface area contributed by atoms with E-state index in [0.29, 0.717) is 49.0 Å². The van der Waals surface area contributed by atoms with Crippen LogP contribution in [0.2, 0.25) is 0 Å². The second-order valence-electron chi connectivity index (χ2n) is 7.27. The molecule has 4 rings (SSSR count). The fraction of sp³-hybridized carbons (Fsp3) is 0.421. The summed E-state index contributed by atoms with van der Waals surface area (Å²) in [5, 5.41) is 5.99. The summed E-state index contributed by atoms with van der Waals surface area (Å²) in [7, 11) is -3.64. The fourth-order valence-corrected chi connectivity index (χ4v) is 4.50. The van der Waals surface area contributed by atoms with Gasteiger partial charge in [-0.15, -0.1) is 0 Å².